The summed E-state index contributed by atoms with van der Waals surface area (Å²) in [6, 6.07) is 0. The van der Waals surface area contributed by atoms with Gasteiger partial charge in [0, 0.05) is 5.70 Å². The van der Waals surface area contributed by atoms with E-state index in [9.17, 15) is 0 Å². The van der Waals surface area contributed by atoms with Gasteiger partial charge >= 0.3 is 0 Å². The normalized spacial score (nSPS) is 13.1. The number of unbranched alkanes of at least 4 members (excludes halogenated alkanes) is 1. The summed E-state index contributed by atoms with van der Waals surface area (Å²) in [4.78, 5) is 0. The number of allylic oxidation sites excluding steroid dienone is 2. The van der Waals surface area contributed by atoms with Crippen LogP contribution in [0.5, 0.6) is 0 Å². The molecule has 0 aromatic heterocycles. The molecule has 0 amide bonds. The second kappa shape index (κ2) is 5.30. The molecule has 0 heterocycles. The number of hydrogen-bond acceptors (Lipinski definition) is 2. The third-order valence-corrected chi connectivity index (χ3v) is 1.68. The van der Waals surface area contributed by atoms with Crippen LogP contribution in [0, 0.1) is 0 Å². The van der Waals surface area contributed by atoms with Crippen LogP contribution < -0.4 is 11.5 Å². The van der Waals surface area contributed by atoms with Crippen molar-refractivity contribution in [2.24, 2.45) is 11.5 Å². The lowest BCUT2D eigenvalue weighted by atomic mass is 10.1. The molecule has 60 valence electrons. The first-order chi connectivity index (χ1) is 4.68. The fourth-order valence-electron chi connectivity index (χ4n) is 0.732. The van der Waals surface area contributed by atoms with Crippen molar-refractivity contribution in [3.63, 3.8) is 0 Å². The Morgan fingerprint density at radius 1 is 1.20 bits per heavy atom. The van der Waals surface area contributed by atoms with Crippen molar-refractivity contribution in [3.05, 3.63) is 11.3 Å². The average molecular weight is 142 g/mol. The lowest BCUT2D eigenvalue weighted by Crippen LogP contribution is -1.99. The molecule has 2 nitrogen and oxygen atoms in total. The average Bonchev–Trinajstić information content (AvgIpc) is 1.88. The molecule has 0 spiro atoms. The highest BCUT2D eigenvalue weighted by atomic mass is 14.6. The van der Waals surface area contributed by atoms with Crippen molar-refractivity contribution in [1.82, 2.24) is 0 Å². The van der Waals surface area contributed by atoms with Gasteiger partial charge in [-0.3, -0.25) is 0 Å². The molecular weight excluding hydrogens is 124 g/mol. The third kappa shape index (κ3) is 4.39. The van der Waals surface area contributed by atoms with Gasteiger partial charge in [0.15, 0.2) is 0 Å². The van der Waals surface area contributed by atoms with Crippen molar-refractivity contribution in [2.75, 3.05) is 6.54 Å². The summed E-state index contributed by atoms with van der Waals surface area (Å²) in [5, 5.41) is 0. The predicted octanol–water partition coefficient (Wildman–Crippen LogP) is 1.37. The first-order valence-electron chi connectivity index (χ1n) is 3.80. The van der Waals surface area contributed by atoms with Crippen LogP contribution in [0.3, 0.4) is 0 Å². The molecule has 0 aromatic carbocycles. The monoisotopic (exact) mass is 142 g/mol. The molecule has 10 heavy (non-hydrogen) atoms. The molecule has 0 fully saturated rings. The molecule has 0 aliphatic rings. The van der Waals surface area contributed by atoms with Crippen LogP contribution in [-0.4, -0.2) is 6.54 Å². The summed E-state index contributed by atoms with van der Waals surface area (Å²) in [6.45, 7) is 4.81. The van der Waals surface area contributed by atoms with E-state index < -0.39 is 0 Å². The zero-order valence-electron chi connectivity index (χ0n) is 6.98. The van der Waals surface area contributed by atoms with Gasteiger partial charge in [-0.15, -0.1) is 0 Å². The van der Waals surface area contributed by atoms with Gasteiger partial charge in [-0.1, -0.05) is 5.57 Å². The second-order valence-corrected chi connectivity index (χ2v) is 2.71. The molecule has 0 radical (unpaired) electrons. The Morgan fingerprint density at radius 2 is 1.80 bits per heavy atom. The molecule has 0 saturated carbocycles. The van der Waals surface area contributed by atoms with E-state index in [0.29, 0.717) is 0 Å². The minimum Gasteiger partial charge on any atom is -0.402 e. The molecule has 0 aliphatic heterocycles. The van der Waals surface area contributed by atoms with E-state index in [4.69, 9.17) is 11.5 Å². The van der Waals surface area contributed by atoms with Gasteiger partial charge in [0.1, 0.15) is 0 Å². The van der Waals surface area contributed by atoms with E-state index >= 15 is 0 Å². The van der Waals surface area contributed by atoms with Crippen molar-refractivity contribution < 1.29 is 0 Å². The van der Waals surface area contributed by atoms with Crippen LogP contribution in [0.1, 0.15) is 33.1 Å². The molecule has 0 saturated heterocycles. The highest BCUT2D eigenvalue weighted by Crippen LogP contribution is 2.07. The van der Waals surface area contributed by atoms with Crippen molar-refractivity contribution in [2.45, 2.75) is 33.1 Å². The molecule has 4 N–H and O–H groups in total. The Balaban J connectivity index is 3.40. The molecule has 2 heteroatoms. The first-order valence-corrected chi connectivity index (χ1v) is 3.80. The van der Waals surface area contributed by atoms with Crippen LogP contribution in [-0.2, 0) is 0 Å². The van der Waals surface area contributed by atoms with Gasteiger partial charge in [0.2, 0.25) is 0 Å². The number of nitrogens with two attached hydrogens (primary N) is 2. The Hall–Kier alpha value is -0.500. The minimum atomic E-state index is 0.789. The first kappa shape index (κ1) is 9.50. The summed E-state index contributed by atoms with van der Waals surface area (Å²) >= 11 is 0. The lowest BCUT2D eigenvalue weighted by Gasteiger charge is -2.01. The molecule has 0 rings (SSSR count). The summed E-state index contributed by atoms with van der Waals surface area (Å²) in [6.07, 6.45) is 3.36. The zero-order chi connectivity index (χ0) is 7.98. The summed E-state index contributed by atoms with van der Waals surface area (Å²) < 4.78 is 0. The standard InChI is InChI=1S/C8H18N2/c1-7(8(2)10)5-3-4-6-9/h3-6,9-10H2,1-2H3. The second-order valence-electron chi connectivity index (χ2n) is 2.71. The van der Waals surface area contributed by atoms with Gasteiger partial charge in [-0.05, 0) is 39.7 Å². The number of hydrogen-bond donors (Lipinski definition) is 2. The Labute approximate surface area is 63.3 Å². The minimum absolute atomic E-state index is 0.789. The van der Waals surface area contributed by atoms with Crippen LogP contribution in [0.4, 0.5) is 0 Å². The molecule has 0 unspecified atom stereocenters. The predicted molar refractivity (Wildman–Crippen MR) is 45.5 cm³/mol. The maximum absolute atomic E-state index is 5.57. The van der Waals surface area contributed by atoms with Crippen molar-refractivity contribution in [1.29, 1.82) is 0 Å². The highest BCUT2D eigenvalue weighted by molar-refractivity contribution is 5.04. The van der Waals surface area contributed by atoms with Crippen LogP contribution in [0.2, 0.25) is 0 Å². The molecule has 0 aliphatic carbocycles. The van der Waals surface area contributed by atoms with Gasteiger partial charge in [-0.25, -0.2) is 0 Å². The van der Waals surface area contributed by atoms with Gasteiger partial charge < -0.3 is 11.5 Å². The highest BCUT2D eigenvalue weighted by Gasteiger charge is 1.91. The van der Waals surface area contributed by atoms with Gasteiger partial charge in [0.25, 0.3) is 0 Å². The quantitative estimate of drug-likeness (QED) is 0.582. The van der Waals surface area contributed by atoms with Crippen LogP contribution in [0.15, 0.2) is 11.3 Å². The van der Waals surface area contributed by atoms with Gasteiger partial charge in [-0.2, -0.15) is 0 Å². The number of rotatable bonds is 4. The Bertz CT molecular complexity index is 112. The van der Waals surface area contributed by atoms with E-state index in [1.165, 1.54) is 5.57 Å². The fourth-order valence-corrected chi connectivity index (χ4v) is 0.732. The molecule has 0 bridgehead atoms. The van der Waals surface area contributed by atoms with Gasteiger partial charge in [0.05, 0.1) is 0 Å². The topological polar surface area (TPSA) is 52.0 Å². The maximum atomic E-state index is 5.57. The molecule has 0 atom stereocenters. The van der Waals surface area contributed by atoms with Crippen LogP contribution in [0.25, 0.3) is 0 Å². The van der Waals surface area contributed by atoms with E-state index in [1.54, 1.807) is 0 Å². The summed E-state index contributed by atoms with van der Waals surface area (Å²) in [7, 11) is 0. The summed E-state index contributed by atoms with van der Waals surface area (Å²) in [5.41, 5.74) is 13.2. The molecular formula is C8H18N2. The van der Waals surface area contributed by atoms with E-state index in [-0.39, 0.29) is 0 Å². The lowest BCUT2D eigenvalue weighted by molar-refractivity contribution is 0.734. The smallest absolute Gasteiger partial charge is 0.00379 e. The Morgan fingerprint density at radius 3 is 2.20 bits per heavy atom. The van der Waals surface area contributed by atoms with Crippen LogP contribution >= 0.6 is 0 Å². The third-order valence-electron chi connectivity index (χ3n) is 1.68. The van der Waals surface area contributed by atoms with E-state index in [1.807, 2.05) is 6.92 Å². The van der Waals surface area contributed by atoms with Crippen molar-refractivity contribution >= 4 is 0 Å². The SMILES string of the molecule is CC(N)=C(C)CCCCN. The Kier molecular flexibility index (Phi) is 5.03. The summed E-state index contributed by atoms with van der Waals surface area (Å²) in [5.74, 6) is 0. The maximum Gasteiger partial charge on any atom is 0.00379 e. The van der Waals surface area contributed by atoms with Crippen molar-refractivity contribution in [3.8, 4) is 0 Å². The largest absolute Gasteiger partial charge is 0.402 e. The van der Waals surface area contributed by atoms with E-state index in [2.05, 4.69) is 6.92 Å². The zero-order valence-corrected chi connectivity index (χ0v) is 6.98. The van der Waals surface area contributed by atoms with E-state index in [0.717, 1.165) is 31.5 Å². The molecule has 0 aromatic rings. The fraction of sp³-hybridized carbons (Fsp3) is 0.750.